The maximum absolute atomic E-state index is 12.7. The first-order chi connectivity index (χ1) is 13.1. The van der Waals surface area contributed by atoms with E-state index in [1.165, 1.54) is 6.20 Å². The van der Waals surface area contributed by atoms with Crippen molar-refractivity contribution < 1.29 is 23.7 Å². The van der Waals surface area contributed by atoms with Crippen LogP contribution in [0.1, 0.15) is 43.0 Å². The van der Waals surface area contributed by atoms with Crippen molar-refractivity contribution in [2.45, 2.75) is 38.2 Å². The number of rotatable bonds is 4. The Hall–Kier alpha value is -2.54. The lowest BCUT2D eigenvalue weighted by molar-refractivity contribution is -0.185. The van der Waals surface area contributed by atoms with E-state index < -0.39 is 0 Å². The lowest BCUT2D eigenvalue weighted by Gasteiger charge is -2.51. The minimum Gasteiger partial charge on any atom is -0.461 e. The number of aromatic nitrogens is 2. The molecule has 2 bridgehead atoms. The van der Waals surface area contributed by atoms with Crippen LogP contribution in [0, 0.1) is 5.41 Å². The van der Waals surface area contributed by atoms with Crippen molar-refractivity contribution in [2.75, 3.05) is 20.0 Å². The smallest absolute Gasteiger partial charge is 0.342 e. The van der Waals surface area contributed by atoms with E-state index in [-0.39, 0.29) is 23.8 Å². The molecule has 6 rings (SSSR count). The highest BCUT2D eigenvalue weighted by Gasteiger charge is 2.48. The summed E-state index contributed by atoms with van der Waals surface area (Å²) in [7, 11) is 0. The zero-order chi connectivity index (χ0) is 18.5. The third kappa shape index (κ3) is 2.86. The lowest BCUT2D eigenvalue weighted by atomic mass is 9.67. The van der Waals surface area contributed by atoms with Crippen LogP contribution in [-0.4, -0.2) is 41.8 Å². The molecule has 3 fully saturated rings. The number of ether oxygens (including phenoxy) is 4. The maximum atomic E-state index is 12.7. The average Bonchev–Trinajstić information content (AvgIpc) is 3.36. The van der Waals surface area contributed by atoms with Gasteiger partial charge in [0.1, 0.15) is 5.56 Å². The molecule has 4 aliphatic rings. The number of aromatic amines is 1. The highest BCUT2D eigenvalue weighted by molar-refractivity contribution is 5.96. The van der Waals surface area contributed by atoms with E-state index in [9.17, 15) is 4.79 Å². The fourth-order valence-electron chi connectivity index (χ4n) is 4.12. The topological polar surface area (TPSA) is 82.7 Å². The van der Waals surface area contributed by atoms with E-state index in [2.05, 4.69) is 17.1 Å². The number of carbonyl (C=O) groups is 1. The SMILES string of the molecule is CC12CCC(COC(=O)c3cn[nH]c3-c3ccc4c(c3)OCO4)(CC1)CO2. The second kappa shape index (κ2) is 5.99. The minimum absolute atomic E-state index is 0.0167. The van der Waals surface area contributed by atoms with Crippen LogP contribution in [0.15, 0.2) is 24.4 Å². The van der Waals surface area contributed by atoms with Crippen LogP contribution in [0.25, 0.3) is 11.3 Å². The molecule has 0 radical (unpaired) electrons. The van der Waals surface area contributed by atoms with Crippen molar-refractivity contribution in [3.05, 3.63) is 30.0 Å². The Labute approximate surface area is 156 Å². The second-order valence-electron chi connectivity index (χ2n) is 8.04. The van der Waals surface area contributed by atoms with Gasteiger partial charge in [-0.15, -0.1) is 0 Å². The summed E-state index contributed by atoms with van der Waals surface area (Å²) in [6, 6.07) is 5.53. The molecule has 27 heavy (non-hydrogen) atoms. The molecule has 2 saturated heterocycles. The molecule has 1 aliphatic carbocycles. The minimum atomic E-state index is -0.371. The molecule has 7 heteroatoms. The van der Waals surface area contributed by atoms with Gasteiger partial charge in [-0.05, 0) is 50.8 Å². The number of hydrogen-bond donors (Lipinski definition) is 1. The summed E-state index contributed by atoms with van der Waals surface area (Å²) in [5.74, 6) is 0.984. The fourth-order valence-corrected chi connectivity index (χ4v) is 4.12. The number of benzene rings is 1. The Morgan fingerprint density at radius 1 is 1.22 bits per heavy atom. The van der Waals surface area contributed by atoms with Gasteiger partial charge in [0.2, 0.25) is 6.79 Å². The number of esters is 1. The van der Waals surface area contributed by atoms with Crippen LogP contribution in [0.2, 0.25) is 0 Å². The Kier molecular flexibility index (Phi) is 3.69. The van der Waals surface area contributed by atoms with Crippen molar-refractivity contribution >= 4 is 5.97 Å². The first kappa shape index (κ1) is 16.6. The van der Waals surface area contributed by atoms with E-state index in [1.54, 1.807) is 0 Å². The Balaban J connectivity index is 1.31. The van der Waals surface area contributed by atoms with Gasteiger partial charge in [0.15, 0.2) is 11.5 Å². The number of fused-ring (bicyclic) bond motifs is 4. The Bertz CT molecular complexity index is 866. The first-order valence-electron chi connectivity index (χ1n) is 9.31. The standard InChI is InChI=1S/C20H22N2O5/c1-19-4-6-20(7-5-19,11-27-19)10-24-18(23)14-9-21-22-17(14)13-2-3-15-16(8-13)26-12-25-15/h2-3,8-9H,4-7,10-12H2,1H3,(H,21,22). The van der Waals surface area contributed by atoms with Gasteiger partial charge in [0.25, 0.3) is 0 Å². The van der Waals surface area contributed by atoms with E-state index in [0.29, 0.717) is 36.0 Å². The number of carbonyl (C=O) groups excluding carboxylic acids is 1. The van der Waals surface area contributed by atoms with Gasteiger partial charge in [-0.2, -0.15) is 5.10 Å². The summed E-state index contributed by atoms with van der Waals surface area (Å²) in [6.45, 7) is 3.43. The molecule has 0 spiro atoms. The summed E-state index contributed by atoms with van der Waals surface area (Å²) >= 11 is 0. The zero-order valence-corrected chi connectivity index (χ0v) is 15.2. The van der Waals surface area contributed by atoms with Gasteiger partial charge in [-0.3, -0.25) is 5.10 Å². The molecular formula is C20H22N2O5. The summed E-state index contributed by atoms with van der Waals surface area (Å²) in [5.41, 5.74) is 1.81. The van der Waals surface area contributed by atoms with Crippen LogP contribution in [0.4, 0.5) is 0 Å². The molecule has 142 valence electrons. The molecule has 1 N–H and O–H groups in total. The summed E-state index contributed by atoms with van der Waals surface area (Å²) < 4.78 is 22.4. The van der Waals surface area contributed by atoms with E-state index >= 15 is 0 Å². The number of nitrogens with zero attached hydrogens (tertiary/aromatic N) is 1. The van der Waals surface area contributed by atoms with Crippen molar-refractivity contribution in [1.29, 1.82) is 0 Å². The number of H-pyrrole nitrogens is 1. The van der Waals surface area contributed by atoms with Crippen LogP contribution >= 0.6 is 0 Å². The van der Waals surface area contributed by atoms with Gasteiger partial charge in [0, 0.05) is 11.0 Å². The molecule has 2 aromatic rings. The largest absolute Gasteiger partial charge is 0.461 e. The molecule has 0 atom stereocenters. The maximum Gasteiger partial charge on any atom is 0.342 e. The van der Waals surface area contributed by atoms with Crippen molar-refractivity contribution in [3.63, 3.8) is 0 Å². The van der Waals surface area contributed by atoms with Gasteiger partial charge >= 0.3 is 5.97 Å². The van der Waals surface area contributed by atoms with E-state index in [0.717, 1.165) is 31.2 Å². The second-order valence-corrected chi connectivity index (χ2v) is 8.04. The van der Waals surface area contributed by atoms with Crippen LogP contribution in [-0.2, 0) is 9.47 Å². The zero-order valence-electron chi connectivity index (χ0n) is 15.2. The quantitative estimate of drug-likeness (QED) is 0.832. The van der Waals surface area contributed by atoms with Crippen LogP contribution in [0.5, 0.6) is 11.5 Å². The van der Waals surface area contributed by atoms with Crippen LogP contribution in [0.3, 0.4) is 0 Å². The predicted molar refractivity (Wildman–Crippen MR) is 95.7 cm³/mol. The third-order valence-electron chi connectivity index (χ3n) is 6.13. The number of nitrogens with one attached hydrogen (secondary N) is 1. The van der Waals surface area contributed by atoms with E-state index in [1.807, 2.05) is 18.2 Å². The van der Waals surface area contributed by atoms with Gasteiger partial charge in [0.05, 0.1) is 30.7 Å². The molecule has 0 amide bonds. The average molecular weight is 370 g/mol. The highest BCUT2D eigenvalue weighted by Crippen LogP contribution is 2.48. The fraction of sp³-hybridized carbons (Fsp3) is 0.500. The molecular weight excluding hydrogens is 348 g/mol. The van der Waals surface area contributed by atoms with Gasteiger partial charge in [-0.1, -0.05) is 0 Å². The van der Waals surface area contributed by atoms with Gasteiger partial charge in [-0.25, -0.2) is 4.79 Å². The summed E-state index contributed by atoms with van der Waals surface area (Å²) in [6.07, 6.45) is 5.64. The van der Waals surface area contributed by atoms with Crippen molar-refractivity contribution in [1.82, 2.24) is 10.2 Å². The first-order valence-corrected chi connectivity index (χ1v) is 9.31. The van der Waals surface area contributed by atoms with Gasteiger partial charge < -0.3 is 18.9 Å². The normalized spacial score (nSPS) is 28.3. The molecule has 1 saturated carbocycles. The Morgan fingerprint density at radius 3 is 2.81 bits per heavy atom. The third-order valence-corrected chi connectivity index (χ3v) is 6.13. The molecule has 1 aromatic heterocycles. The summed E-state index contributed by atoms with van der Waals surface area (Å²) in [5, 5.41) is 6.94. The number of hydrogen-bond acceptors (Lipinski definition) is 6. The predicted octanol–water partition coefficient (Wildman–Crippen LogP) is 3.31. The molecule has 4 heterocycles. The molecule has 7 nitrogen and oxygen atoms in total. The highest BCUT2D eigenvalue weighted by atomic mass is 16.7. The van der Waals surface area contributed by atoms with Crippen molar-refractivity contribution in [2.24, 2.45) is 5.41 Å². The monoisotopic (exact) mass is 370 g/mol. The molecule has 1 aromatic carbocycles. The van der Waals surface area contributed by atoms with E-state index in [4.69, 9.17) is 18.9 Å². The molecule has 0 unspecified atom stereocenters. The molecule has 3 aliphatic heterocycles. The van der Waals surface area contributed by atoms with Crippen molar-refractivity contribution in [3.8, 4) is 22.8 Å². The lowest BCUT2D eigenvalue weighted by Crippen LogP contribution is -2.51. The van der Waals surface area contributed by atoms with Crippen LogP contribution < -0.4 is 9.47 Å². The Morgan fingerprint density at radius 2 is 2.04 bits per heavy atom. The summed E-state index contributed by atoms with van der Waals surface area (Å²) in [4.78, 5) is 12.7.